The van der Waals surface area contributed by atoms with E-state index in [4.69, 9.17) is 4.42 Å². The molecule has 0 fully saturated rings. The standard InChI is InChI=1S/C15H19BrN2O/c1-11-13(6-7-19-11)10-18(3)15-8-14(16)5-4-12(15)9-17-2/h4-8,17H,9-10H2,1-3H3. The molecule has 0 radical (unpaired) electrons. The van der Waals surface area contributed by atoms with Crippen LogP contribution in [0.25, 0.3) is 0 Å². The molecular formula is C15H19BrN2O. The van der Waals surface area contributed by atoms with Gasteiger partial charge in [0.2, 0.25) is 0 Å². The molecular weight excluding hydrogens is 304 g/mol. The van der Waals surface area contributed by atoms with Gasteiger partial charge in [0.1, 0.15) is 5.76 Å². The number of anilines is 1. The van der Waals surface area contributed by atoms with E-state index in [1.807, 2.05) is 20.0 Å². The van der Waals surface area contributed by atoms with Gasteiger partial charge in [0.15, 0.2) is 0 Å². The van der Waals surface area contributed by atoms with E-state index in [-0.39, 0.29) is 0 Å². The first-order valence-electron chi connectivity index (χ1n) is 6.29. The van der Waals surface area contributed by atoms with Crippen LogP contribution < -0.4 is 10.2 Å². The number of benzene rings is 1. The quantitative estimate of drug-likeness (QED) is 0.909. The minimum atomic E-state index is 0.843. The zero-order valence-electron chi connectivity index (χ0n) is 11.5. The molecule has 2 rings (SSSR count). The molecule has 4 heteroatoms. The Kier molecular flexibility index (Phi) is 4.66. The van der Waals surface area contributed by atoms with Gasteiger partial charge in [0.25, 0.3) is 0 Å². The third kappa shape index (κ3) is 3.39. The van der Waals surface area contributed by atoms with Crippen molar-refractivity contribution in [2.45, 2.75) is 20.0 Å². The number of aryl methyl sites for hydroxylation is 1. The summed E-state index contributed by atoms with van der Waals surface area (Å²) in [5.41, 5.74) is 3.73. The number of hydrogen-bond acceptors (Lipinski definition) is 3. The van der Waals surface area contributed by atoms with Crippen LogP contribution in [0, 0.1) is 6.92 Å². The highest BCUT2D eigenvalue weighted by atomic mass is 79.9. The molecule has 0 unspecified atom stereocenters. The van der Waals surface area contributed by atoms with E-state index < -0.39 is 0 Å². The molecule has 0 amide bonds. The lowest BCUT2D eigenvalue weighted by molar-refractivity contribution is 0.529. The van der Waals surface area contributed by atoms with Gasteiger partial charge in [-0.15, -0.1) is 0 Å². The summed E-state index contributed by atoms with van der Waals surface area (Å²) in [6.07, 6.45) is 1.74. The number of hydrogen-bond donors (Lipinski definition) is 1. The van der Waals surface area contributed by atoms with Crippen molar-refractivity contribution in [2.75, 3.05) is 19.0 Å². The summed E-state index contributed by atoms with van der Waals surface area (Å²) >= 11 is 3.54. The van der Waals surface area contributed by atoms with Crippen molar-refractivity contribution < 1.29 is 4.42 Å². The minimum Gasteiger partial charge on any atom is -0.469 e. The Morgan fingerprint density at radius 2 is 2.05 bits per heavy atom. The lowest BCUT2D eigenvalue weighted by atomic mass is 10.1. The van der Waals surface area contributed by atoms with Gasteiger partial charge in [-0.1, -0.05) is 22.0 Å². The van der Waals surface area contributed by atoms with E-state index in [0.717, 1.165) is 23.3 Å². The first-order valence-corrected chi connectivity index (χ1v) is 7.08. The highest BCUT2D eigenvalue weighted by Gasteiger charge is 2.10. The lowest BCUT2D eigenvalue weighted by Gasteiger charge is -2.22. The van der Waals surface area contributed by atoms with E-state index in [2.05, 4.69) is 51.4 Å². The molecule has 102 valence electrons. The van der Waals surface area contributed by atoms with Crippen molar-refractivity contribution in [3.8, 4) is 0 Å². The van der Waals surface area contributed by atoms with Crippen LogP contribution in [0.15, 0.2) is 39.4 Å². The van der Waals surface area contributed by atoms with Crippen LogP contribution in [0.5, 0.6) is 0 Å². The molecule has 1 heterocycles. The van der Waals surface area contributed by atoms with E-state index in [1.165, 1.54) is 16.8 Å². The third-order valence-corrected chi connectivity index (χ3v) is 3.69. The van der Waals surface area contributed by atoms with Crippen LogP contribution in [0.2, 0.25) is 0 Å². The van der Waals surface area contributed by atoms with Gasteiger partial charge < -0.3 is 14.6 Å². The molecule has 19 heavy (non-hydrogen) atoms. The second kappa shape index (κ2) is 6.26. The Bertz CT molecular complexity index is 551. The molecule has 3 nitrogen and oxygen atoms in total. The number of furan rings is 1. The van der Waals surface area contributed by atoms with E-state index in [1.54, 1.807) is 6.26 Å². The van der Waals surface area contributed by atoms with Crippen LogP contribution in [0.1, 0.15) is 16.9 Å². The molecule has 1 N–H and O–H groups in total. The monoisotopic (exact) mass is 322 g/mol. The predicted octanol–water partition coefficient (Wildman–Crippen LogP) is 3.71. The molecule has 2 aromatic rings. The summed E-state index contributed by atoms with van der Waals surface area (Å²) in [6, 6.07) is 8.41. The molecule has 1 aromatic heterocycles. The van der Waals surface area contributed by atoms with Crippen molar-refractivity contribution in [2.24, 2.45) is 0 Å². The molecule has 0 saturated heterocycles. The zero-order valence-corrected chi connectivity index (χ0v) is 13.1. The van der Waals surface area contributed by atoms with Crippen molar-refractivity contribution >= 4 is 21.6 Å². The molecule has 0 aliphatic heterocycles. The fraction of sp³-hybridized carbons (Fsp3) is 0.333. The summed E-state index contributed by atoms with van der Waals surface area (Å²) in [4.78, 5) is 2.25. The number of halogens is 1. The maximum atomic E-state index is 5.35. The first-order chi connectivity index (χ1) is 9.11. The summed E-state index contributed by atoms with van der Waals surface area (Å²) < 4.78 is 6.45. The van der Waals surface area contributed by atoms with Gasteiger partial charge in [-0.05, 0) is 37.7 Å². The SMILES string of the molecule is CNCc1ccc(Br)cc1N(C)Cc1ccoc1C. The number of nitrogens with zero attached hydrogens (tertiary/aromatic N) is 1. The topological polar surface area (TPSA) is 28.4 Å². The largest absolute Gasteiger partial charge is 0.469 e. The molecule has 1 aromatic carbocycles. The van der Waals surface area contributed by atoms with Crippen LogP contribution >= 0.6 is 15.9 Å². The fourth-order valence-corrected chi connectivity index (χ4v) is 2.50. The van der Waals surface area contributed by atoms with Crippen molar-refractivity contribution in [1.29, 1.82) is 0 Å². The van der Waals surface area contributed by atoms with Gasteiger partial charge in [-0.2, -0.15) is 0 Å². The highest BCUT2D eigenvalue weighted by Crippen LogP contribution is 2.26. The Labute approximate surface area is 122 Å². The summed E-state index contributed by atoms with van der Waals surface area (Å²) in [6.45, 7) is 3.70. The van der Waals surface area contributed by atoms with E-state index in [9.17, 15) is 0 Å². The molecule has 0 spiro atoms. The third-order valence-electron chi connectivity index (χ3n) is 3.20. The predicted molar refractivity (Wildman–Crippen MR) is 82.5 cm³/mol. The average molecular weight is 323 g/mol. The Balaban J connectivity index is 2.24. The molecule has 0 saturated carbocycles. The highest BCUT2D eigenvalue weighted by molar-refractivity contribution is 9.10. The second-order valence-corrected chi connectivity index (χ2v) is 5.58. The van der Waals surface area contributed by atoms with Crippen molar-refractivity contribution in [1.82, 2.24) is 5.32 Å². The van der Waals surface area contributed by atoms with Crippen LogP contribution in [-0.2, 0) is 13.1 Å². The van der Waals surface area contributed by atoms with Gasteiger partial charge in [0, 0.05) is 35.9 Å². The van der Waals surface area contributed by atoms with Gasteiger partial charge >= 0.3 is 0 Å². The fourth-order valence-electron chi connectivity index (χ4n) is 2.15. The van der Waals surface area contributed by atoms with Crippen LogP contribution in [-0.4, -0.2) is 14.1 Å². The zero-order chi connectivity index (χ0) is 13.8. The van der Waals surface area contributed by atoms with Crippen molar-refractivity contribution in [3.05, 3.63) is 51.9 Å². The maximum Gasteiger partial charge on any atom is 0.105 e. The van der Waals surface area contributed by atoms with Crippen molar-refractivity contribution in [3.63, 3.8) is 0 Å². The van der Waals surface area contributed by atoms with E-state index >= 15 is 0 Å². The Morgan fingerprint density at radius 3 is 2.68 bits per heavy atom. The summed E-state index contributed by atoms with van der Waals surface area (Å²) in [7, 11) is 4.07. The van der Waals surface area contributed by atoms with Gasteiger partial charge in [0.05, 0.1) is 6.26 Å². The molecule has 0 bridgehead atoms. The number of nitrogens with one attached hydrogen (secondary N) is 1. The minimum absolute atomic E-state index is 0.843. The van der Waals surface area contributed by atoms with Gasteiger partial charge in [-0.3, -0.25) is 0 Å². The molecule has 0 atom stereocenters. The number of rotatable bonds is 5. The van der Waals surface area contributed by atoms with Crippen LogP contribution in [0.3, 0.4) is 0 Å². The Hall–Kier alpha value is -1.26. The average Bonchev–Trinajstić information content (AvgIpc) is 2.77. The summed E-state index contributed by atoms with van der Waals surface area (Å²) in [5.74, 6) is 0.983. The lowest BCUT2D eigenvalue weighted by Crippen LogP contribution is -2.19. The molecule has 0 aliphatic rings. The van der Waals surface area contributed by atoms with Crippen LogP contribution in [0.4, 0.5) is 5.69 Å². The van der Waals surface area contributed by atoms with Gasteiger partial charge in [-0.25, -0.2) is 0 Å². The maximum absolute atomic E-state index is 5.35. The molecule has 0 aliphatic carbocycles. The summed E-state index contributed by atoms with van der Waals surface area (Å²) in [5, 5.41) is 3.21. The second-order valence-electron chi connectivity index (χ2n) is 4.66. The Morgan fingerprint density at radius 1 is 1.26 bits per heavy atom. The smallest absolute Gasteiger partial charge is 0.105 e. The van der Waals surface area contributed by atoms with E-state index in [0.29, 0.717) is 0 Å². The normalized spacial score (nSPS) is 10.7. The first kappa shape index (κ1) is 14.2.